The van der Waals surface area contributed by atoms with E-state index in [1.54, 1.807) is 0 Å². The van der Waals surface area contributed by atoms with E-state index in [2.05, 4.69) is 103 Å². The maximum atomic E-state index is 6.79. The van der Waals surface area contributed by atoms with Crippen molar-refractivity contribution in [2.45, 2.75) is 0 Å². The zero-order valence-corrected chi connectivity index (χ0v) is 30.3. The van der Waals surface area contributed by atoms with Crippen molar-refractivity contribution in [1.29, 1.82) is 0 Å². The largest absolute Gasteiger partial charge is 0.456 e. The van der Waals surface area contributed by atoms with Gasteiger partial charge >= 0.3 is 0 Å². The van der Waals surface area contributed by atoms with Gasteiger partial charge in [-0.3, -0.25) is 0 Å². The molecular weight excluding hydrogens is 703 g/mol. The second kappa shape index (κ2) is 12.3. The molecule has 0 atom stereocenters. The maximum absolute atomic E-state index is 6.79. The lowest BCUT2D eigenvalue weighted by molar-refractivity contribution is 0.668. The highest BCUT2D eigenvalue weighted by Crippen LogP contribution is 2.44. The predicted octanol–water partition coefficient (Wildman–Crippen LogP) is 13.9. The van der Waals surface area contributed by atoms with E-state index in [0.717, 1.165) is 105 Å². The van der Waals surface area contributed by atoms with E-state index >= 15 is 0 Å². The Kier molecular flexibility index (Phi) is 6.83. The fraction of sp³-hybridized carbons (Fsp3) is 0. The van der Waals surface area contributed by atoms with Gasteiger partial charge in [0.1, 0.15) is 33.5 Å². The average molecular weight is 732 g/mol. The molecule has 0 aliphatic rings. The van der Waals surface area contributed by atoms with Crippen molar-refractivity contribution in [2.24, 2.45) is 0 Å². The fourth-order valence-corrected chi connectivity index (χ4v) is 8.31. The van der Waals surface area contributed by atoms with Crippen LogP contribution >= 0.6 is 0 Å². The van der Waals surface area contributed by atoms with Gasteiger partial charge in [-0.2, -0.15) is 0 Å². The molecule has 4 heterocycles. The van der Waals surface area contributed by atoms with Crippen LogP contribution in [0.4, 0.5) is 0 Å². The Morgan fingerprint density at radius 2 is 0.789 bits per heavy atom. The number of hydrogen-bond donors (Lipinski definition) is 0. The van der Waals surface area contributed by atoms with Gasteiger partial charge in [0.15, 0.2) is 17.5 Å². The Bertz CT molecular complexity index is 3520. The highest BCUT2D eigenvalue weighted by Gasteiger charge is 2.22. The van der Waals surface area contributed by atoms with Gasteiger partial charge in [0.2, 0.25) is 0 Å². The van der Waals surface area contributed by atoms with Crippen LogP contribution in [0.1, 0.15) is 0 Å². The number of rotatable bonds is 5. The highest BCUT2D eigenvalue weighted by atomic mass is 16.3. The van der Waals surface area contributed by atoms with Crippen LogP contribution < -0.4 is 0 Å². The number of hydrogen-bond acceptors (Lipinski definition) is 6. The molecular formula is C51H29N3O3. The molecule has 0 spiro atoms. The third-order valence-electron chi connectivity index (χ3n) is 11.0. The van der Waals surface area contributed by atoms with E-state index in [9.17, 15) is 0 Å². The Balaban J connectivity index is 1.06. The molecule has 0 N–H and O–H groups in total. The number of nitrogens with zero attached hydrogens (tertiary/aromatic N) is 3. The summed E-state index contributed by atoms with van der Waals surface area (Å²) in [5.41, 5.74) is 11.7. The van der Waals surface area contributed by atoms with E-state index in [1.165, 1.54) is 0 Å². The molecule has 57 heavy (non-hydrogen) atoms. The molecule has 266 valence electrons. The summed E-state index contributed by atoms with van der Waals surface area (Å²) in [6.45, 7) is 0. The summed E-state index contributed by atoms with van der Waals surface area (Å²) < 4.78 is 19.4. The van der Waals surface area contributed by atoms with Gasteiger partial charge in [-0.1, -0.05) is 140 Å². The predicted molar refractivity (Wildman–Crippen MR) is 229 cm³/mol. The Hall–Kier alpha value is -7.83. The molecule has 0 saturated heterocycles. The summed E-state index contributed by atoms with van der Waals surface area (Å²) in [6, 6.07) is 59.8. The summed E-state index contributed by atoms with van der Waals surface area (Å²) in [5.74, 6) is 1.67. The summed E-state index contributed by atoms with van der Waals surface area (Å²) in [7, 11) is 0. The van der Waals surface area contributed by atoms with Crippen LogP contribution in [0.5, 0.6) is 0 Å². The molecule has 12 aromatic rings. The van der Waals surface area contributed by atoms with Crippen molar-refractivity contribution >= 4 is 65.8 Å². The third kappa shape index (κ3) is 5.01. The van der Waals surface area contributed by atoms with Crippen LogP contribution in [0.3, 0.4) is 0 Å². The third-order valence-corrected chi connectivity index (χ3v) is 11.0. The van der Waals surface area contributed by atoms with Gasteiger partial charge < -0.3 is 13.3 Å². The number of para-hydroxylation sites is 3. The molecule has 0 amide bonds. The average Bonchev–Trinajstić information content (AvgIpc) is 3.98. The van der Waals surface area contributed by atoms with E-state index in [4.69, 9.17) is 28.2 Å². The highest BCUT2D eigenvalue weighted by molar-refractivity contribution is 6.19. The van der Waals surface area contributed by atoms with E-state index in [-0.39, 0.29) is 0 Å². The molecule has 0 saturated carbocycles. The van der Waals surface area contributed by atoms with Crippen molar-refractivity contribution in [2.75, 3.05) is 0 Å². The zero-order chi connectivity index (χ0) is 37.5. The van der Waals surface area contributed by atoms with Gasteiger partial charge in [0.05, 0.1) is 0 Å². The van der Waals surface area contributed by atoms with Gasteiger partial charge in [-0.15, -0.1) is 0 Å². The molecule has 0 bridgehead atoms. The summed E-state index contributed by atoms with van der Waals surface area (Å²) in [5, 5.41) is 6.17. The van der Waals surface area contributed by atoms with Crippen molar-refractivity contribution in [3.63, 3.8) is 0 Å². The van der Waals surface area contributed by atoms with Gasteiger partial charge in [-0.05, 0) is 53.1 Å². The maximum Gasteiger partial charge on any atom is 0.164 e. The fourth-order valence-electron chi connectivity index (χ4n) is 8.31. The molecule has 12 rings (SSSR count). The van der Waals surface area contributed by atoms with Gasteiger partial charge in [-0.25, -0.2) is 15.0 Å². The topological polar surface area (TPSA) is 78.1 Å². The molecule has 0 aliphatic heterocycles. The standard InChI is InChI=1S/C51H29N3O3/c1-2-11-30(12-3-1)31-23-25-32(26-24-31)49-52-50(33-27-28-35-34-13-4-6-19-41(34)56-45(35)29-33)54-51(53-49)40-18-10-22-44-47(40)39-17-8-16-37(48(39)57-44)36-15-9-21-43-46(36)38-14-5-7-20-42(38)55-43/h1-29H. The van der Waals surface area contributed by atoms with E-state index in [0.29, 0.717) is 17.5 Å². The normalized spacial score (nSPS) is 11.9. The van der Waals surface area contributed by atoms with Crippen LogP contribution in [0.2, 0.25) is 0 Å². The molecule has 0 aliphatic carbocycles. The SMILES string of the molecule is c1ccc(-c2ccc(-c3nc(-c4ccc5c(c4)oc4ccccc45)nc(-c4cccc5oc6c(-c7cccc8oc9ccccc9c78)cccc6c45)n3)cc2)cc1. The second-order valence-corrected chi connectivity index (χ2v) is 14.3. The minimum atomic E-state index is 0.550. The molecule has 0 unspecified atom stereocenters. The Morgan fingerprint density at radius 3 is 1.61 bits per heavy atom. The Morgan fingerprint density at radius 1 is 0.281 bits per heavy atom. The minimum absolute atomic E-state index is 0.550. The lowest BCUT2D eigenvalue weighted by atomic mass is 9.97. The first-order valence-electron chi connectivity index (χ1n) is 18.9. The number of fused-ring (bicyclic) bond motifs is 9. The summed E-state index contributed by atoms with van der Waals surface area (Å²) in [4.78, 5) is 15.5. The Labute approximate surface area is 325 Å². The van der Waals surface area contributed by atoms with Gasteiger partial charge in [0.25, 0.3) is 0 Å². The number of benzene rings is 8. The zero-order valence-electron chi connectivity index (χ0n) is 30.3. The van der Waals surface area contributed by atoms with Crippen molar-refractivity contribution in [1.82, 2.24) is 15.0 Å². The molecule has 0 radical (unpaired) electrons. The first-order valence-corrected chi connectivity index (χ1v) is 18.9. The van der Waals surface area contributed by atoms with Crippen molar-refractivity contribution in [3.05, 3.63) is 176 Å². The van der Waals surface area contributed by atoms with Crippen LogP contribution in [-0.2, 0) is 0 Å². The van der Waals surface area contributed by atoms with Crippen LogP contribution in [0.15, 0.2) is 189 Å². The monoisotopic (exact) mass is 731 g/mol. The van der Waals surface area contributed by atoms with Crippen molar-refractivity contribution in [3.8, 4) is 56.4 Å². The van der Waals surface area contributed by atoms with Crippen LogP contribution in [0, 0.1) is 0 Å². The minimum Gasteiger partial charge on any atom is -0.456 e. The first-order chi connectivity index (χ1) is 28.2. The smallest absolute Gasteiger partial charge is 0.164 e. The quantitative estimate of drug-likeness (QED) is 0.175. The van der Waals surface area contributed by atoms with Crippen LogP contribution in [-0.4, -0.2) is 15.0 Å². The molecule has 0 fully saturated rings. The van der Waals surface area contributed by atoms with Crippen LogP contribution in [0.25, 0.3) is 122 Å². The second-order valence-electron chi connectivity index (χ2n) is 14.3. The van der Waals surface area contributed by atoms with E-state index < -0.39 is 0 Å². The summed E-state index contributed by atoms with van der Waals surface area (Å²) in [6.07, 6.45) is 0. The summed E-state index contributed by atoms with van der Waals surface area (Å²) >= 11 is 0. The lowest BCUT2D eigenvalue weighted by Crippen LogP contribution is -2.00. The lowest BCUT2D eigenvalue weighted by Gasteiger charge is -2.10. The number of furan rings is 3. The van der Waals surface area contributed by atoms with Crippen molar-refractivity contribution < 1.29 is 13.3 Å². The molecule has 4 aromatic heterocycles. The number of aromatic nitrogens is 3. The molecule has 6 nitrogen and oxygen atoms in total. The molecule has 8 aromatic carbocycles. The van der Waals surface area contributed by atoms with Gasteiger partial charge in [0, 0.05) is 54.6 Å². The first kappa shape index (κ1) is 31.5. The molecule has 6 heteroatoms. The van der Waals surface area contributed by atoms with E-state index in [1.807, 2.05) is 72.8 Å².